The van der Waals surface area contributed by atoms with Gasteiger partial charge in [0.25, 0.3) is 0 Å². The number of hydrazone groups is 1. The maximum Gasteiger partial charge on any atom is 0.187 e. The van der Waals surface area contributed by atoms with Gasteiger partial charge in [-0.05, 0) is 72.6 Å². The van der Waals surface area contributed by atoms with Crippen molar-refractivity contribution in [1.29, 1.82) is 0 Å². The maximum absolute atomic E-state index is 5.79. The SMILES string of the molecule is CCCCCCCOc1ccc(C=NNC(=S)NCc2ccc(OCCCC)cc2)cc1. The highest BCUT2D eigenvalue weighted by Gasteiger charge is 1.99. The molecule has 0 aliphatic heterocycles. The molecule has 5 nitrogen and oxygen atoms in total. The second-order valence-electron chi connectivity index (χ2n) is 7.73. The molecular formula is C26H37N3O2S. The third-order valence-electron chi connectivity index (χ3n) is 4.92. The number of thiocarbonyl (C=S) groups is 1. The Morgan fingerprint density at radius 2 is 1.41 bits per heavy atom. The van der Waals surface area contributed by atoms with Gasteiger partial charge in [-0.1, -0.05) is 58.1 Å². The van der Waals surface area contributed by atoms with E-state index in [0.29, 0.717) is 11.7 Å². The summed E-state index contributed by atoms with van der Waals surface area (Å²) < 4.78 is 11.5. The predicted molar refractivity (Wildman–Crippen MR) is 138 cm³/mol. The van der Waals surface area contributed by atoms with Crippen molar-refractivity contribution < 1.29 is 9.47 Å². The molecule has 2 rings (SSSR count). The maximum atomic E-state index is 5.79. The van der Waals surface area contributed by atoms with Crippen LogP contribution in [0.3, 0.4) is 0 Å². The van der Waals surface area contributed by atoms with Gasteiger partial charge in [0.15, 0.2) is 5.11 Å². The number of hydrogen-bond donors (Lipinski definition) is 2. The molecule has 0 amide bonds. The van der Waals surface area contributed by atoms with Gasteiger partial charge in [-0.15, -0.1) is 0 Å². The average Bonchev–Trinajstić information content (AvgIpc) is 2.82. The lowest BCUT2D eigenvalue weighted by Gasteiger charge is -2.09. The van der Waals surface area contributed by atoms with Crippen LogP contribution >= 0.6 is 12.2 Å². The molecule has 0 unspecified atom stereocenters. The highest BCUT2D eigenvalue weighted by Crippen LogP contribution is 2.13. The molecule has 0 heterocycles. The number of hydrogen-bond acceptors (Lipinski definition) is 4. The molecule has 0 saturated heterocycles. The summed E-state index contributed by atoms with van der Waals surface area (Å²) in [6.07, 6.45) is 10.1. The summed E-state index contributed by atoms with van der Waals surface area (Å²) in [5, 5.41) is 7.84. The zero-order chi connectivity index (χ0) is 22.9. The summed E-state index contributed by atoms with van der Waals surface area (Å²) in [6, 6.07) is 16.0. The monoisotopic (exact) mass is 455 g/mol. The highest BCUT2D eigenvalue weighted by atomic mass is 32.1. The topological polar surface area (TPSA) is 54.9 Å². The van der Waals surface area contributed by atoms with E-state index in [4.69, 9.17) is 21.7 Å². The molecule has 2 aromatic carbocycles. The van der Waals surface area contributed by atoms with Crippen LogP contribution in [0.15, 0.2) is 53.6 Å². The van der Waals surface area contributed by atoms with Crippen molar-refractivity contribution in [3.8, 4) is 11.5 Å². The van der Waals surface area contributed by atoms with Gasteiger partial charge in [0.05, 0.1) is 19.4 Å². The molecule has 0 fully saturated rings. The van der Waals surface area contributed by atoms with Gasteiger partial charge in [0, 0.05) is 6.54 Å². The van der Waals surface area contributed by atoms with Crippen molar-refractivity contribution in [2.45, 2.75) is 65.3 Å². The Morgan fingerprint density at radius 1 is 0.812 bits per heavy atom. The van der Waals surface area contributed by atoms with Gasteiger partial charge in [0.1, 0.15) is 11.5 Å². The van der Waals surface area contributed by atoms with E-state index in [0.717, 1.165) is 55.1 Å². The Bertz CT molecular complexity index is 792. The average molecular weight is 456 g/mol. The summed E-state index contributed by atoms with van der Waals surface area (Å²) in [6.45, 7) is 6.54. The largest absolute Gasteiger partial charge is 0.494 e. The van der Waals surface area contributed by atoms with Gasteiger partial charge in [-0.2, -0.15) is 5.10 Å². The van der Waals surface area contributed by atoms with Gasteiger partial charge >= 0.3 is 0 Å². The fraction of sp³-hybridized carbons (Fsp3) is 0.462. The first-order valence-corrected chi connectivity index (χ1v) is 12.1. The highest BCUT2D eigenvalue weighted by molar-refractivity contribution is 7.80. The van der Waals surface area contributed by atoms with Gasteiger partial charge in [-0.25, -0.2) is 0 Å². The molecule has 0 aromatic heterocycles. The predicted octanol–water partition coefficient (Wildman–Crippen LogP) is 6.21. The first-order chi connectivity index (χ1) is 15.7. The minimum atomic E-state index is 0.479. The van der Waals surface area contributed by atoms with Crippen LogP contribution in [0.25, 0.3) is 0 Å². The molecule has 174 valence electrons. The molecule has 6 heteroatoms. The second-order valence-corrected chi connectivity index (χ2v) is 8.14. The first kappa shape index (κ1) is 25.7. The number of ether oxygens (including phenoxy) is 2. The van der Waals surface area contributed by atoms with E-state index in [2.05, 4.69) is 29.7 Å². The van der Waals surface area contributed by atoms with Crippen molar-refractivity contribution in [3.05, 3.63) is 59.7 Å². The van der Waals surface area contributed by atoms with Crippen LogP contribution in [0.5, 0.6) is 11.5 Å². The minimum absolute atomic E-state index is 0.479. The van der Waals surface area contributed by atoms with E-state index in [1.165, 1.54) is 25.7 Å². The smallest absolute Gasteiger partial charge is 0.187 e. The molecule has 2 aromatic rings. The van der Waals surface area contributed by atoms with Crippen LogP contribution in [0, 0.1) is 0 Å². The van der Waals surface area contributed by atoms with E-state index in [1.807, 2.05) is 48.5 Å². The number of rotatable bonds is 15. The summed E-state index contributed by atoms with van der Waals surface area (Å²) >= 11 is 5.29. The number of benzene rings is 2. The van der Waals surface area contributed by atoms with Gasteiger partial charge < -0.3 is 14.8 Å². The Morgan fingerprint density at radius 3 is 2.06 bits per heavy atom. The quantitative estimate of drug-likeness (QED) is 0.145. The van der Waals surface area contributed by atoms with Crippen LogP contribution in [-0.4, -0.2) is 24.5 Å². The Hall–Kier alpha value is -2.60. The fourth-order valence-corrected chi connectivity index (χ4v) is 3.10. The summed E-state index contributed by atoms with van der Waals surface area (Å²) in [4.78, 5) is 0. The third kappa shape index (κ3) is 11.1. The molecule has 0 saturated carbocycles. The molecule has 32 heavy (non-hydrogen) atoms. The van der Waals surface area contributed by atoms with Crippen LogP contribution in [0.4, 0.5) is 0 Å². The van der Waals surface area contributed by atoms with Crippen molar-refractivity contribution in [2.24, 2.45) is 5.10 Å². The standard InChI is InChI=1S/C26H37N3O2S/c1-3-5-7-8-9-19-31-25-16-12-23(13-17-25)21-28-29-26(32)27-20-22-10-14-24(15-11-22)30-18-6-4-2/h10-17,21H,3-9,18-20H2,1-2H3,(H2,27,29,32). The van der Waals surface area contributed by atoms with Gasteiger partial charge in [-0.3, -0.25) is 5.43 Å². The lowest BCUT2D eigenvalue weighted by molar-refractivity contribution is 0.304. The number of nitrogens with one attached hydrogen (secondary N) is 2. The lowest BCUT2D eigenvalue weighted by atomic mass is 10.2. The zero-order valence-corrected chi connectivity index (χ0v) is 20.3. The molecule has 2 N–H and O–H groups in total. The van der Waals surface area contributed by atoms with Crippen LogP contribution in [-0.2, 0) is 6.54 Å². The fourth-order valence-electron chi connectivity index (χ4n) is 2.97. The zero-order valence-electron chi connectivity index (χ0n) is 19.4. The van der Waals surface area contributed by atoms with Crippen molar-refractivity contribution in [2.75, 3.05) is 13.2 Å². The Labute approximate surface area is 198 Å². The normalized spacial score (nSPS) is 10.8. The lowest BCUT2D eigenvalue weighted by Crippen LogP contribution is -2.31. The molecule has 0 radical (unpaired) electrons. The Balaban J connectivity index is 1.63. The van der Waals surface area contributed by atoms with Crippen molar-refractivity contribution in [1.82, 2.24) is 10.7 Å². The van der Waals surface area contributed by atoms with Crippen LogP contribution in [0.1, 0.15) is 69.9 Å². The minimum Gasteiger partial charge on any atom is -0.494 e. The van der Waals surface area contributed by atoms with Gasteiger partial charge in [0.2, 0.25) is 0 Å². The molecule has 0 spiro atoms. The third-order valence-corrected chi connectivity index (χ3v) is 5.16. The molecular weight excluding hydrogens is 418 g/mol. The van der Waals surface area contributed by atoms with E-state index in [-0.39, 0.29) is 0 Å². The van der Waals surface area contributed by atoms with E-state index >= 15 is 0 Å². The summed E-state index contributed by atoms with van der Waals surface area (Å²) in [5.74, 6) is 1.79. The number of unbranched alkanes of at least 4 members (excludes halogenated alkanes) is 5. The molecule has 0 aliphatic rings. The molecule has 0 bridgehead atoms. The Kier molecular flexibility index (Phi) is 12.9. The van der Waals surface area contributed by atoms with Crippen molar-refractivity contribution in [3.63, 3.8) is 0 Å². The summed E-state index contributed by atoms with van der Waals surface area (Å²) in [5.41, 5.74) is 4.96. The molecule has 0 atom stereocenters. The van der Waals surface area contributed by atoms with E-state index in [9.17, 15) is 0 Å². The summed E-state index contributed by atoms with van der Waals surface area (Å²) in [7, 11) is 0. The second kappa shape index (κ2) is 16.1. The number of nitrogens with zero attached hydrogens (tertiary/aromatic N) is 1. The van der Waals surface area contributed by atoms with E-state index < -0.39 is 0 Å². The first-order valence-electron chi connectivity index (χ1n) is 11.7. The molecule has 0 aliphatic carbocycles. The van der Waals surface area contributed by atoms with Crippen LogP contribution < -0.4 is 20.2 Å². The van der Waals surface area contributed by atoms with Crippen LogP contribution in [0.2, 0.25) is 0 Å². The van der Waals surface area contributed by atoms with Crippen molar-refractivity contribution >= 4 is 23.5 Å². The van der Waals surface area contributed by atoms with E-state index in [1.54, 1.807) is 6.21 Å².